The zero-order valence-corrected chi connectivity index (χ0v) is 18.7. The number of carboxylic acids is 1. The molecule has 1 aliphatic rings. The number of carbonyl (C=O) groups is 1. The first-order chi connectivity index (χ1) is 16.5. The molecule has 6 heteroatoms. The Morgan fingerprint density at radius 1 is 1.00 bits per heavy atom. The third-order valence-electron chi connectivity index (χ3n) is 6.11. The Hall–Kier alpha value is -4.32. The lowest BCUT2D eigenvalue weighted by molar-refractivity contribution is 0.0679. The van der Waals surface area contributed by atoms with E-state index >= 15 is 0 Å². The van der Waals surface area contributed by atoms with Gasteiger partial charge in [0.2, 0.25) is 5.43 Å². The summed E-state index contributed by atoms with van der Waals surface area (Å²) < 4.78 is 13.3. The van der Waals surface area contributed by atoms with E-state index in [-0.39, 0.29) is 18.1 Å². The summed E-state index contributed by atoms with van der Waals surface area (Å²) in [7, 11) is 1.64. The normalized spacial score (nSPS) is 12.1. The van der Waals surface area contributed by atoms with Gasteiger partial charge in [0.05, 0.1) is 5.69 Å². The van der Waals surface area contributed by atoms with Crippen LogP contribution in [0.4, 0.5) is 0 Å². The van der Waals surface area contributed by atoms with E-state index in [1.807, 2.05) is 66.7 Å². The van der Waals surface area contributed by atoms with Crippen LogP contribution in [0, 0.1) is 0 Å². The minimum Gasteiger partial charge on any atom is -0.489 e. The van der Waals surface area contributed by atoms with Crippen molar-refractivity contribution in [3.05, 3.63) is 117 Å². The number of ether oxygens (including phenoxy) is 2. The summed E-state index contributed by atoms with van der Waals surface area (Å²) in [4.78, 5) is 25.3. The Kier molecular flexibility index (Phi) is 5.64. The molecule has 0 aliphatic carbocycles. The molecule has 0 unspecified atom stereocenters. The fraction of sp³-hybridized carbons (Fsp3) is 0.143. The first-order valence-corrected chi connectivity index (χ1v) is 11.0. The van der Waals surface area contributed by atoms with E-state index in [9.17, 15) is 14.7 Å². The fourth-order valence-corrected chi connectivity index (χ4v) is 4.38. The lowest BCUT2D eigenvalue weighted by atomic mass is 9.95. The molecule has 0 radical (unpaired) electrons. The third kappa shape index (κ3) is 3.94. The Balaban J connectivity index is 1.61. The highest BCUT2D eigenvalue weighted by Crippen LogP contribution is 2.36. The number of aromatic nitrogens is 1. The predicted molar refractivity (Wildman–Crippen MR) is 128 cm³/mol. The summed E-state index contributed by atoms with van der Waals surface area (Å²) in [5.41, 5.74) is 4.58. The van der Waals surface area contributed by atoms with Crippen LogP contribution in [-0.2, 0) is 26.7 Å². The average molecular weight is 453 g/mol. The molecule has 170 valence electrons. The van der Waals surface area contributed by atoms with E-state index in [1.165, 1.54) is 10.6 Å². The van der Waals surface area contributed by atoms with Crippen molar-refractivity contribution >= 4 is 5.97 Å². The average Bonchev–Trinajstić information content (AvgIpc) is 3.04. The quantitative estimate of drug-likeness (QED) is 0.469. The Morgan fingerprint density at radius 3 is 2.50 bits per heavy atom. The van der Waals surface area contributed by atoms with Crippen molar-refractivity contribution in [2.24, 2.45) is 7.05 Å². The maximum Gasteiger partial charge on any atom is 0.356 e. The summed E-state index contributed by atoms with van der Waals surface area (Å²) in [5, 5.41) is 9.99. The highest BCUT2D eigenvalue weighted by atomic mass is 16.5. The van der Waals surface area contributed by atoms with Crippen LogP contribution >= 0.6 is 0 Å². The van der Waals surface area contributed by atoms with Gasteiger partial charge in [-0.2, -0.15) is 0 Å². The van der Waals surface area contributed by atoms with Gasteiger partial charge in [0.15, 0.2) is 11.4 Å². The summed E-state index contributed by atoms with van der Waals surface area (Å²) in [6, 6.07) is 24.5. The van der Waals surface area contributed by atoms with Crippen LogP contribution in [0.15, 0.2) is 83.7 Å². The Labute approximate surface area is 196 Å². The SMILES string of the molecule is Cn1c(-c2cccc3c2Cc2ccccc2CO3)cc(=O)c(OCc2ccccc2)c1C(=O)O. The molecular formula is C28H23NO5. The van der Waals surface area contributed by atoms with Gasteiger partial charge in [-0.25, -0.2) is 4.79 Å². The van der Waals surface area contributed by atoms with Crippen LogP contribution in [0.1, 0.15) is 32.7 Å². The van der Waals surface area contributed by atoms with Gasteiger partial charge in [-0.15, -0.1) is 0 Å². The monoisotopic (exact) mass is 453 g/mol. The fourth-order valence-electron chi connectivity index (χ4n) is 4.38. The molecule has 3 aromatic carbocycles. The van der Waals surface area contributed by atoms with E-state index in [2.05, 4.69) is 6.07 Å². The third-order valence-corrected chi connectivity index (χ3v) is 6.11. The molecule has 5 rings (SSSR count). The number of rotatable bonds is 5. The van der Waals surface area contributed by atoms with Crippen molar-refractivity contribution in [2.45, 2.75) is 19.6 Å². The van der Waals surface area contributed by atoms with Gasteiger partial charge in [0, 0.05) is 30.7 Å². The van der Waals surface area contributed by atoms with Gasteiger partial charge in [-0.3, -0.25) is 4.79 Å². The number of nitrogens with zero attached hydrogens (tertiary/aromatic N) is 1. The van der Waals surface area contributed by atoms with Crippen molar-refractivity contribution in [1.29, 1.82) is 0 Å². The van der Waals surface area contributed by atoms with Gasteiger partial charge in [0.1, 0.15) is 19.0 Å². The first-order valence-electron chi connectivity index (χ1n) is 11.0. The molecule has 0 atom stereocenters. The van der Waals surface area contributed by atoms with Crippen molar-refractivity contribution in [3.63, 3.8) is 0 Å². The zero-order valence-electron chi connectivity index (χ0n) is 18.7. The maximum absolute atomic E-state index is 13.1. The topological polar surface area (TPSA) is 77.8 Å². The van der Waals surface area contributed by atoms with E-state index < -0.39 is 11.4 Å². The number of hydrogen-bond acceptors (Lipinski definition) is 4. The molecule has 34 heavy (non-hydrogen) atoms. The lowest BCUT2D eigenvalue weighted by Crippen LogP contribution is -2.21. The molecule has 0 amide bonds. The van der Waals surface area contributed by atoms with E-state index in [4.69, 9.17) is 9.47 Å². The molecule has 0 spiro atoms. The largest absolute Gasteiger partial charge is 0.489 e. The van der Waals surface area contributed by atoms with Crippen molar-refractivity contribution < 1.29 is 19.4 Å². The van der Waals surface area contributed by atoms with E-state index in [0.717, 1.165) is 33.6 Å². The van der Waals surface area contributed by atoms with Gasteiger partial charge in [-0.05, 0) is 22.8 Å². The second-order valence-electron chi connectivity index (χ2n) is 8.23. The molecule has 0 saturated carbocycles. The highest BCUT2D eigenvalue weighted by molar-refractivity contribution is 5.90. The lowest BCUT2D eigenvalue weighted by Gasteiger charge is -2.19. The molecule has 6 nitrogen and oxygen atoms in total. The van der Waals surface area contributed by atoms with Gasteiger partial charge >= 0.3 is 5.97 Å². The number of pyridine rings is 1. The summed E-state index contributed by atoms with van der Waals surface area (Å²) in [5.74, 6) is -0.679. The van der Waals surface area contributed by atoms with Gasteiger partial charge < -0.3 is 19.1 Å². The van der Waals surface area contributed by atoms with Crippen molar-refractivity contribution in [2.75, 3.05) is 0 Å². The first kappa shape index (κ1) is 21.5. The minimum absolute atomic E-state index is 0.0983. The Morgan fingerprint density at radius 2 is 1.74 bits per heavy atom. The summed E-state index contributed by atoms with van der Waals surface area (Å²) >= 11 is 0. The van der Waals surface area contributed by atoms with Gasteiger partial charge in [-0.1, -0.05) is 66.7 Å². The molecule has 1 aliphatic heterocycles. The molecule has 0 saturated heterocycles. The molecule has 1 aromatic heterocycles. The number of benzene rings is 3. The standard InChI is InChI=1S/C28H23NO5/c1-29-23(15-24(30)27(26(29)28(31)32)34-16-18-8-3-2-4-9-18)21-12-7-13-25-22(21)14-19-10-5-6-11-20(19)17-33-25/h2-13,15H,14,16-17H2,1H3,(H,31,32). The highest BCUT2D eigenvalue weighted by Gasteiger charge is 2.24. The van der Waals surface area contributed by atoms with Crippen LogP contribution in [0.3, 0.4) is 0 Å². The second-order valence-corrected chi connectivity index (χ2v) is 8.23. The molecule has 4 aromatic rings. The molecular weight excluding hydrogens is 430 g/mol. The van der Waals surface area contributed by atoms with Crippen LogP contribution in [0.2, 0.25) is 0 Å². The minimum atomic E-state index is -1.23. The van der Waals surface area contributed by atoms with Crippen LogP contribution in [-0.4, -0.2) is 15.6 Å². The van der Waals surface area contributed by atoms with Crippen molar-refractivity contribution in [1.82, 2.24) is 4.57 Å². The number of carboxylic acid groups (broad SMARTS) is 1. The summed E-state index contributed by atoms with van der Waals surface area (Å²) in [6.07, 6.45) is 0.616. The number of aromatic carboxylic acids is 1. The molecule has 2 heterocycles. The second kappa shape index (κ2) is 8.90. The van der Waals surface area contributed by atoms with Crippen molar-refractivity contribution in [3.8, 4) is 22.8 Å². The van der Waals surface area contributed by atoms with Crippen LogP contribution < -0.4 is 14.9 Å². The predicted octanol–water partition coefficient (Wildman–Crippen LogP) is 4.81. The number of fused-ring (bicyclic) bond motifs is 2. The smallest absolute Gasteiger partial charge is 0.356 e. The van der Waals surface area contributed by atoms with Crippen LogP contribution in [0.25, 0.3) is 11.3 Å². The zero-order chi connectivity index (χ0) is 23.7. The molecule has 0 bridgehead atoms. The number of hydrogen-bond donors (Lipinski definition) is 1. The Bertz CT molecular complexity index is 1440. The van der Waals surface area contributed by atoms with Gasteiger partial charge in [0.25, 0.3) is 0 Å². The summed E-state index contributed by atoms with van der Waals surface area (Å²) in [6.45, 7) is 0.555. The van der Waals surface area contributed by atoms with E-state index in [1.54, 1.807) is 7.05 Å². The van der Waals surface area contributed by atoms with E-state index in [0.29, 0.717) is 18.7 Å². The van der Waals surface area contributed by atoms with Crippen LogP contribution in [0.5, 0.6) is 11.5 Å². The maximum atomic E-state index is 13.1. The molecule has 0 fully saturated rings. The molecule has 1 N–H and O–H groups in total.